The van der Waals surface area contributed by atoms with Gasteiger partial charge in [-0.3, -0.25) is 4.79 Å². The number of piperidine rings is 1. The number of carbonyl (C=O) groups is 2. The number of nitrogens with zero attached hydrogens (tertiary/aromatic N) is 3. The number of benzene rings is 2. The monoisotopic (exact) mass is 501 g/mol. The Hall–Kier alpha value is -4.62. The third-order valence-electron chi connectivity index (χ3n) is 6.12. The molecule has 4 N–H and O–H groups in total. The van der Waals surface area contributed by atoms with Crippen molar-refractivity contribution < 1.29 is 24.2 Å². The van der Waals surface area contributed by atoms with Crippen molar-refractivity contribution >= 4 is 17.8 Å². The van der Waals surface area contributed by atoms with Crippen molar-refractivity contribution in [2.45, 2.75) is 18.9 Å². The van der Waals surface area contributed by atoms with Gasteiger partial charge < -0.3 is 30.5 Å². The summed E-state index contributed by atoms with van der Waals surface area (Å²) in [5.41, 5.74) is 9.08. The second-order valence-electron chi connectivity index (χ2n) is 8.60. The first-order valence-electron chi connectivity index (χ1n) is 11.7. The molecule has 3 aromatic rings. The molecular weight excluding hydrogens is 474 g/mol. The van der Waals surface area contributed by atoms with Gasteiger partial charge in [0.1, 0.15) is 23.2 Å². The Morgan fingerprint density at radius 1 is 1.22 bits per heavy atom. The highest BCUT2D eigenvalue weighted by molar-refractivity contribution is 5.96. The zero-order valence-corrected chi connectivity index (χ0v) is 20.3. The van der Waals surface area contributed by atoms with Crippen molar-refractivity contribution in [3.8, 4) is 34.2 Å². The van der Waals surface area contributed by atoms with Crippen LogP contribution in [-0.2, 0) is 4.74 Å². The number of anilines is 1. The Bertz CT molecular complexity index is 1350. The van der Waals surface area contributed by atoms with Gasteiger partial charge in [-0.25, -0.2) is 9.78 Å². The highest BCUT2D eigenvalue weighted by atomic mass is 16.7. The van der Waals surface area contributed by atoms with Crippen molar-refractivity contribution in [1.29, 1.82) is 5.26 Å². The van der Waals surface area contributed by atoms with E-state index in [9.17, 15) is 20.0 Å². The summed E-state index contributed by atoms with van der Waals surface area (Å²) in [6.45, 7) is 0.756. The maximum atomic E-state index is 13.0. The van der Waals surface area contributed by atoms with Gasteiger partial charge in [-0.1, -0.05) is 24.3 Å². The maximum absolute atomic E-state index is 13.0. The molecule has 1 saturated heterocycles. The molecule has 37 heavy (non-hydrogen) atoms. The number of nitriles is 1. The summed E-state index contributed by atoms with van der Waals surface area (Å²) in [5, 5.41) is 22.0. The number of nitrogen functional groups attached to an aromatic ring is 1. The molecule has 1 aromatic heterocycles. The topological polar surface area (TPSA) is 151 Å². The number of ether oxygens (including phenoxy) is 2. The first kappa shape index (κ1) is 25.5. The van der Waals surface area contributed by atoms with Gasteiger partial charge in [-0.15, -0.1) is 0 Å². The first-order valence-corrected chi connectivity index (χ1v) is 11.7. The van der Waals surface area contributed by atoms with Crippen molar-refractivity contribution in [1.82, 2.24) is 15.2 Å². The standard InChI is InChI=1S/C27H27N5O5/c1-36-16-37-24-10-3-2-9-20(24)23-13-21(22(14-28)25(29)31-23)17-6-4-7-18(12-17)26(33)30-19-8-5-11-32(15-19)27(34)35/h2-4,6-7,9-10,12-13,19H,5,8,11,15-16H2,1H3,(H2,29,31)(H,30,33)(H,34,35). The lowest BCUT2D eigenvalue weighted by molar-refractivity contribution is 0.0515. The van der Waals surface area contributed by atoms with Crippen LogP contribution in [0.1, 0.15) is 28.8 Å². The number of methoxy groups -OCH3 is 1. The molecule has 2 heterocycles. The molecule has 4 rings (SSSR count). The zero-order valence-electron chi connectivity index (χ0n) is 20.3. The number of likely N-dealkylation sites (tertiary alicyclic amines) is 1. The van der Waals surface area contributed by atoms with Gasteiger partial charge in [0.15, 0.2) is 6.79 Å². The van der Waals surface area contributed by atoms with Crippen LogP contribution in [0.25, 0.3) is 22.4 Å². The Kier molecular flexibility index (Phi) is 7.86. The summed E-state index contributed by atoms with van der Waals surface area (Å²) in [5.74, 6) is 0.281. The van der Waals surface area contributed by atoms with E-state index in [-0.39, 0.29) is 36.7 Å². The number of amides is 2. The van der Waals surface area contributed by atoms with E-state index in [4.69, 9.17) is 15.2 Å². The number of nitrogens with two attached hydrogens (primary N) is 1. The van der Waals surface area contributed by atoms with E-state index in [1.807, 2.05) is 18.2 Å². The van der Waals surface area contributed by atoms with Crippen LogP contribution in [0.5, 0.6) is 5.75 Å². The molecule has 190 valence electrons. The molecule has 1 atom stereocenters. The number of carbonyl (C=O) groups excluding carboxylic acids is 1. The fourth-order valence-corrected chi connectivity index (χ4v) is 4.34. The van der Waals surface area contributed by atoms with Crippen LogP contribution in [0.3, 0.4) is 0 Å². The molecule has 0 saturated carbocycles. The SMILES string of the molecule is COCOc1ccccc1-c1cc(-c2cccc(C(=O)NC3CCCN(C(=O)O)C3)c2)c(C#N)c(N)n1. The van der Waals surface area contributed by atoms with E-state index in [0.29, 0.717) is 53.1 Å². The predicted molar refractivity (Wildman–Crippen MR) is 137 cm³/mol. The normalized spacial score (nSPS) is 15.0. The summed E-state index contributed by atoms with van der Waals surface area (Å²) in [4.78, 5) is 30.1. The van der Waals surface area contributed by atoms with Crippen LogP contribution < -0.4 is 15.8 Å². The highest BCUT2D eigenvalue weighted by Gasteiger charge is 2.25. The molecular formula is C27H27N5O5. The number of rotatable bonds is 7. The van der Waals surface area contributed by atoms with Crippen molar-refractivity contribution in [2.75, 3.05) is 32.7 Å². The van der Waals surface area contributed by atoms with Gasteiger partial charge in [0.25, 0.3) is 5.91 Å². The van der Waals surface area contributed by atoms with E-state index in [2.05, 4.69) is 16.4 Å². The number of hydrogen-bond donors (Lipinski definition) is 3. The fraction of sp³-hybridized carbons (Fsp3) is 0.259. The lowest BCUT2D eigenvalue weighted by Crippen LogP contribution is -2.49. The van der Waals surface area contributed by atoms with Gasteiger partial charge in [-0.05, 0) is 48.7 Å². The van der Waals surface area contributed by atoms with Crippen LogP contribution in [0.4, 0.5) is 10.6 Å². The number of nitrogens with one attached hydrogen (secondary N) is 1. The molecule has 0 aliphatic carbocycles. The van der Waals surface area contributed by atoms with Gasteiger partial charge in [-0.2, -0.15) is 5.26 Å². The van der Waals surface area contributed by atoms with Crippen LogP contribution >= 0.6 is 0 Å². The molecule has 1 unspecified atom stereocenters. The van der Waals surface area contributed by atoms with E-state index < -0.39 is 6.09 Å². The van der Waals surface area contributed by atoms with Gasteiger partial charge in [0.2, 0.25) is 0 Å². The number of hydrogen-bond acceptors (Lipinski definition) is 7. The largest absolute Gasteiger partial charge is 0.467 e. The van der Waals surface area contributed by atoms with Gasteiger partial charge in [0, 0.05) is 42.9 Å². The second-order valence-corrected chi connectivity index (χ2v) is 8.60. The molecule has 10 nitrogen and oxygen atoms in total. The smallest absolute Gasteiger partial charge is 0.407 e. The average molecular weight is 502 g/mol. The third-order valence-corrected chi connectivity index (χ3v) is 6.12. The van der Waals surface area contributed by atoms with E-state index in [1.165, 1.54) is 12.0 Å². The van der Waals surface area contributed by atoms with Crippen molar-refractivity contribution in [3.63, 3.8) is 0 Å². The van der Waals surface area contributed by atoms with Gasteiger partial charge >= 0.3 is 6.09 Å². The van der Waals surface area contributed by atoms with E-state index in [0.717, 1.165) is 0 Å². The van der Waals surface area contributed by atoms with Crippen LogP contribution in [0, 0.1) is 11.3 Å². The summed E-state index contributed by atoms with van der Waals surface area (Å²) < 4.78 is 10.7. The Labute approximate surface area is 214 Å². The molecule has 0 bridgehead atoms. The van der Waals surface area contributed by atoms with Crippen molar-refractivity contribution in [2.24, 2.45) is 0 Å². The molecule has 2 amide bonds. The van der Waals surface area contributed by atoms with Crippen LogP contribution in [0.2, 0.25) is 0 Å². The van der Waals surface area contributed by atoms with Crippen LogP contribution in [0.15, 0.2) is 54.6 Å². The Morgan fingerprint density at radius 3 is 2.78 bits per heavy atom. The summed E-state index contributed by atoms with van der Waals surface area (Å²) in [6.07, 6.45) is 0.380. The molecule has 1 aliphatic heterocycles. The third kappa shape index (κ3) is 5.79. The predicted octanol–water partition coefficient (Wildman–Crippen LogP) is 3.72. The number of carboxylic acid groups (broad SMARTS) is 1. The maximum Gasteiger partial charge on any atom is 0.407 e. The average Bonchev–Trinajstić information content (AvgIpc) is 2.91. The summed E-state index contributed by atoms with van der Waals surface area (Å²) in [6, 6.07) is 17.7. The zero-order chi connectivity index (χ0) is 26.4. The lowest BCUT2D eigenvalue weighted by Gasteiger charge is -2.31. The van der Waals surface area contributed by atoms with Crippen molar-refractivity contribution in [3.05, 3.63) is 65.7 Å². The summed E-state index contributed by atoms with van der Waals surface area (Å²) >= 11 is 0. The lowest BCUT2D eigenvalue weighted by atomic mass is 9.96. The minimum absolute atomic E-state index is 0.0536. The minimum atomic E-state index is -0.995. The number of aromatic nitrogens is 1. The van der Waals surface area contributed by atoms with Gasteiger partial charge in [0.05, 0.1) is 5.69 Å². The molecule has 0 radical (unpaired) electrons. The minimum Gasteiger partial charge on any atom is -0.467 e. The molecule has 1 fully saturated rings. The Morgan fingerprint density at radius 2 is 2.03 bits per heavy atom. The number of para-hydroxylation sites is 1. The molecule has 2 aromatic carbocycles. The molecule has 1 aliphatic rings. The second kappa shape index (κ2) is 11.4. The molecule has 10 heteroatoms. The fourth-order valence-electron chi connectivity index (χ4n) is 4.34. The molecule has 0 spiro atoms. The van der Waals surface area contributed by atoms with E-state index >= 15 is 0 Å². The quantitative estimate of drug-likeness (QED) is 0.414. The number of pyridine rings is 1. The first-order chi connectivity index (χ1) is 17.9. The van der Waals surface area contributed by atoms with Crippen LogP contribution in [-0.4, -0.2) is 60.0 Å². The van der Waals surface area contributed by atoms with E-state index in [1.54, 1.807) is 36.4 Å². The summed E-state index contributed by atoms with van der Waals surface area (Å²) in [7, 11) is 1.53. The highest BCUT2D eigenvalue weighted by Crippen LogP contribution is 2.35. The Balaban J connectivity index is 1.66.